The van der Waals surface area contributed by atoms with Gasteiger partial charge in [-0.1, -0.05) is 6.07 Å². The number of carbonyl (C=O) groups excluding carboxylic acids is 1. The van der Waals surface area contributed by atoms with E-state index in [4.69, 9.17) is 14.2 Å². The van der Waals surface area contributed by atoms with Crippen molar-refractivity contribution in [2.24, 2.45) is 4.99 Å². The molecule has 0 aromatic heterocycles. The zero-order valence-corrected chi connectivity index (χ0v) is 14.1. The van der Waals surface area contributed by atoms with Gasteiger partial charge < -0.3 is 14.2 Å². The van der Waals surface area contributed by atoms with Crippen LogP contribution in [0.25, 0.3) is 0 Å². The predicted octanol–water partition coefficient (Wildman–Crippen LogP) is 3.67. The van der Waals surface area contributed by atoms with E-state index in [2.05, 4.69) is 4.99 Å². The summed E-state index contributed by atoms with van der Waals surface area (Å²) in [6.45, 7) is 4.07. The molecule has 1 heterocycles. The molecule has 0 bridgehead atoms. The van der Waals surface area contributed by atoms with Crippen LogP contribution in [0.4, 0.5) is 5.69 Å². The summed E-state index contributed by atoms with van der Waals surface area (Å²) >= 11 is 0. The van der Waals surface area contributed by atoms with Gasteiger partial charge in [0.05, 0.1) is 19.9 Å². The van der Waals surface area contributed by atoms with Crippen molar-refractivity contribution in [3.05, 3.63) is 52.6 Å². The zero-order chi connectivity index (χ0) is 17.3. The molecule has 0 saturated heterocycles. The van der Waals surface area contributed by atoms with Gasteiger partial charge in [0.2, 0.25) is 5.90 Å². The second-order valence-corrected chi connectivity index (χ2v) is 5.66. The van der Waals surface area contributed by atoms with Crippen LogP contribution in [0.15, 0.2) is 35.3 Å². The van der Waals surface area contributed by atoms with Crippen LogP contribution < -0.4 is 9.47 Å². The maximum Gasteiger partial charge on any atom is 0.222 e. The van der Waals surface area contributed by atoms with Crippen LogP contribution in [0.5, 0.6) is 11.5 Å². The minimum atomic E-state index is -0.728. The monoisotopic (exact) mass is 325 g/mol. The number of ether oxygens (including phenoxy) is 3. The highest BCUT2D eigenvalue weighted by molar-refractivity contribution is 5.99. The first-order valence-electron chi connectivity index (χ1n) is 7.61. The molecule has 24 heavy (non-hydrogen) atoms. The number of aldehydes is 1. The third kappa shape index (κ3) is 2.73. The van der Waals surface area contributed by atoms with Gasteiger partial charge in [0.25, 0.3) is 0 Å². The maximum atomic E-state index is 11.5. The van der Waals surface area contributed by atoms with Crippen LogP contribution in [0, 0.1) is 13.8 Å². The summed E-state index contributed by atoms with van der Waals surface area (Å²) in [5.74, 6) is 1.53. The van der Waals surface area contributed by atoms with Crippen molar-refractivity contribution in [3.63, 3.8) is 0 Å². The molecule has 1 aliphatic rings. The molecule has 0 aliphatic carbocycles. The van der Waals surface area contributed by atoms with Gasteiger partial charge in [-0.25, -0.2) is 4.99 Å². The molecule has 1 atom stereocenters. The van der Waals surface area contributed by atoms with Crippen molar-refractivity contribution in [2.45, 2.75) is 20.0 Å². The molecule has 1 unspecified atom stereocenters. The van der Waals surface area contributed by atoms with E-state index in [1.165, 1.54) is 5.56 Å². The molecule has 2 aromatic carbocycles. The number of methoxy groups -OCH3 is 2. The minimum Gasteiger partial charge on any atom is -0.493 e. The SMILES string of the molecule is COc1cc2c(cc1OC)C(C=O)OC(c1ccc(C)c(C)c1)=N2. The highest BCUT2D eigenvalue weighted by atomic mass is 16.5. The molecule has 5 nitrogen and oxygen atoms in total. The summed E-state index contributed by atoms with van der Waals surface area (Å²) in [6.07, 6.45) is 0.0365. The molecule has 0 saturated carbocycles. The van der Waals surface area contributed by atoms with Crippen LogP contribution in [0.1, 0.15) is 28.4 Å². The minimum absolute atomic E-state index is 0.426. The smallest absolute Gasteiger partial charge is 0.222 e. The third-order valence-electron chi connectivity index (χ3n) is 4.18. The number of nitrogens with zero attached hydrogens (tertiary/aromatic N) is 1. The number of hydrogen-bond acceptors (Lipinski definition) is 5. The molecule has 5 heteroatoms. The van der Waals surface area contributed by atoms with Gasteiger partial charge in [-0.3, -0.25) is 4.79 Å². The highest BCUT2D eigenvalue weighted by Gasteiger charge is 2.26. The van der Waals surface area contributed by atoms with Gasteiger partial charge in [-0.05, 0) is 43.2 Å². The Labute approximate surface area is 140 Å². The van der Waals surface area contributed by atoms with Crippen LogP contribution in [-0.2, 0) is 9.53 Å². The van der Waals surface area contributed by atoms with E-state index in [0.29, 0.717) is 28.6 Å². The Morgan fingerprint density at radius 1 is 1.04 bits per heavy atom. The molecule has 1 aliphatic heterocycles. The molecular formula is C19H19NO4. The lowest BCUT2D eigenvalue weighted by molar-refractivity contribution is -0.114. The summed E-state index contributed by atoms with van der Waals surface area (Å²) in [5, 5.41) is 0. The van der Waals surface area contributed by atoms with Gasteiger partial charge in [0, 0.05) is 17.2 Å². The van der Waals surface area contributed by atoms with Gasteiger partial charge in [-0.15, -0.1) is 0 Å². The molecule has 3 rings (SSSR count). The Hall–Kier alpha value is -2.82. The fourth-order valence-electron chi connectivity index (χ4n) is 2.64. The second-order valence-electron chi connectivity index (χ2n) is 5.66. The number of hydrogen-bond donors (Lipinski definition) is 0. The van der Waals surface area contributed by atoms with Crippen LogP contribution in [-0.4, -0.2) is 26.4 Å². The molecule has 0 spiro atoms. The van der Waals surface area contributed by atoms with Crippen molar-refractivity contribution >= 4 is 17.9 Å². The second kappa shape index (κ2) is 6.35. The first-order chi connectivity index (χ1) is 11.6. The molecule has 0 N–H and O–H groups in total. The summed E-state index contributed by atoms with van der Waals surface area (Å²) in [6, 6.07) is 9.44. The Kier molecular flexibility index (Phi) is 4.25. The van der Waals surface area contributed by atoms with Crippen molar-refractivity contribution in [2.75, 3.05) is 14.2 Å². The van der Waals surface area contributed by atoms with E-state index < -0.39 is 6.10 Å². The van der Waals surface area contributed by atoms with Crippen LogP contribution in [0.2, 0.25) is 0 Å². The molecule has 124 valence electrons. The lowest BCUT2D eigenvalue weighted by Crippen LogP contribution is -2.18. The largest absolute Gasteiger partial charge is 0.493 e. The number of aliphatic imine (C=N–C) groups is 1. The number of fused-ring (bicyclic) bond motifs is 1. The summed E-state index contributed by atoms with van der Waals surface area (Å²) in [4.78, 5) is 16.1. The number of rotatable bonds is 4. The molecule has 0 radical (unpaired) electrons. The van der Waals surface area contributed by atoms with E-state index in [-0.39, 0.29) is 0 Å². The van der Waals surface area contributed by atoms with Crippen LogP contribution in [0.3, 0.4) is 0 Å². The van der Waals surface area contributed by atoms with Gasteiger partial charge in [0.15, 0.2) is 23.9 Å². The number of benzene rings is 2. The molecule has 0 fully saturated rings. The van der Waals surface area contributed by atoms with Crippen molar-refractivity contribution in [1.82, 2.24) is 0 Å². The standard InChI is InChI=1S/C19H19NO4/c1-11-5-6-13(7-12(11)2)19-20-15-9-17(23-4)16(22-3)8-14(15)18(10-21)24-19/h5-10,18H,1-4H3. The van der Waals surface area contributed by atoms with E-state index in [1.54, 1.807) is 26.4 Å². The normalized spacial score (nSPS) is 15.8. The van der Waals surface area contributed by atoms with Gasteiger partial charge in [-0.2, -0.15) is 0 Å². The average molecular weight is 325 g/mol. The van der Waals surface area contributed by atoms with Crippen LogP contribution >= 0.6 is 0 Å². The number of aryl methyl sites for hydroxylation is 2. The van der Waals surface area contributed by atoms with Crippen molar-refractivity contribution in [1.29, 1.82) is 0 Å². The Bertz CT molecular complexity index is 826. The third-order valence-corrected chi connectivity index (χ3v) is 4.18. The van der Waals surface area contributed by atoms with E-state index in [9.17, 15) is 4.79 Å². The lowest BCUT2D eigenvalue weighted by Gasteiger charge is -2.24. The van der Waals surface area contributed by atoms with Gasteiger partial charge >= 0.3 is 0 Å². The summed E-state index contributed by atoms with van der Waals surface area (Å²) in [7, 11) is 3.11. The topological polar surface area (TPSA) is 57.1 Å². The van der Waals surface area contributed by atoms with E-state index >= 15 is 0 Å². The number of carbonyl (C=O) groups is 1. The Morgan fingerprint density at radius 2 is 1.75 bits per heavy atom. The van der Waals surface area contributed by atoms with Gasteiger partial charge in [0.1, 0.15) is 0 Å². The molecular weight excluding hydrogens is 306 g/mol. The van der Waals surface area contributed by atoms with E-state index in [1.807, 2.05) is 32.0 Å². The fraction of sp³-hybridized carbons (Fsp3) is 0.263. The Balaban J connectivity index is 2.13. The summed E-state index contributed by atoms with van der Waals surface area (Å²) < 4.78 is 16.4. The highest BCUT2D eigenvalue weighted by Crippen LogP contribution is 2.41. The fourth-order valence-corrected chi connectivity index (χ4v) is 2.64. The average Bonchev–Trinajstić information content (AvgIpc) is 2.61. The predicted molar refractivity (Wildman–Crippen MR) is 91.5 cm³/mol. The zero-order valence-electron chi connectivity index (χ0n) is 14.1. The first kappa shape index (κ1) is 16.1. The molecule has 0 amide bonds. The van der Waals surface area contributed by atoms with Crippen molar-refractivity contribution < 1.29 is 19.0 Å². The van der Waals surface area contributed by atoms with Crippen molar-refractivity contribution in [3.8, 4) is 11.5 Å². The summed E-state index contributed by atoms with van der Waals surface area (Å²) in [5.41, 5.74) is 4.47. The van der Waals surface area contributed by atoms with E-state index in [0.717, 1.165) is 17.4 Å². The Morgan fingerprint density at radius 3 is 2.38 bits per heavy atom. The quantitative estimate of drug-likeness (QED) is 0.805. The molecule has 2 aromatic rings. The maximum absolute atomic E-state index is 11.5. The lowest BCUT2D eigenvalue weighted by atomic mass is 10.0. The first-order valence-corrected chi connectivity index (χ1v) is 7.61.